The summed E-state index contributed by atoms with van der Waals surface area (Å²) < 4.78 is 41.4. The molecule has 1 saturated carbocycles. The van der Waals surface area contributed by atoms with Crippen molar-refractivity contribution in [2.24, 2.45) is 0 Å². The smallest absolute Gasteiger partial charge is 0.272 e. The zero-order valence-electron chi connectivity index (χ0n) is 21.5. The van der Waals surface area contributed by atoms with Crippen LogP contribution in [0.5, 0.6) is 11.6 Å². The number of non-ortho nitro benzene ring substituents is 1. The molecule has 0 aliphatic heterocycles. The van der Waals surface area contributed by atoms with E-state index in [1.165, 1.54) is 17.9 Å². The molecule has 202 valence electrons. The highest BCUT2D eigenvalue weighted by atomic mass is 32.2. The van der Waals surface area contributed by atoms with E-state index in [0.29, 0.717) is 30.7 Å². The number of aromatic nitrogens is 2. The molecule has 2 aromatic carbocycles. The molecule has 4 rings (SSSR count). The largest absolute Gasteiger partial charge is 0.437 e. The number of aryl methyl sites for hydroxylation is 1. The number of amides is 1. The molecule has 0 bridgehead atoms. The van der Waals surface area contributed by atoms with E-state index in [1.807, 2.05) is 26.0 Å². The molecule has 1 heterocycles. The Labute approximate surface area is 220 Å². The highest BCUT2D eigenvalue weighted by Gasteiger charge is 2.32. The number of hydrogen-bond donors (Lipinski definition) is 2. The number of rotatable bonds is 11. The first-order chi connectivity index (χ1) is 18.0. The summed E-state index contributed by atoms with van der Waals surface area (Å²) in [6.07, 6.45) is 1.37. The summed E-state index contributed by atoms with van der Waals surface area (Å²) in [6.45, 7) is 6.03. The lowest BCUT2D eigenvalue weighted by molar-refractivity contribution is -0.385. The van der Waals surface area contributed by atoms with E-state index in [9.17, 15) is 23.3 Å². The zero-order valence-corrected chi connectivity index (χ0v) is 22.3. The summed E-state index contributed by atoms with van der Waals surface area (Å²) in [5.41, 5.74) is 2.52. The molecule has 3 aromatic rings. The molecule has 1 fully saturated rings. The van der Waals surface area contributed by atoms with Gasteiger partial charge < -0.3 is 14.8 Å². The molecule has 2 N–H and O–H groups in total. The van der Waals surface area contributed by atoms with Crippen LogP contribution in [0.4, 0.5) is 5.69 Å². The summed E-state index contributed by atoms with van der Waals surface area (Å²) in [7, 11) is -2.62. The van der Waals surface area contributed by atoms with Gasteiger partial charge in [0.25, 0.3) is 11.6 Å². The van der Waals surface area contributed by atoms with Crippen LogP contribution in [0.25, 0.3) is 5.69 Å². The van der Waals surface area contributed by atoms with E-state index in [4.69, 9.17) is 9.47 Å². The molecule has 0 unspecified atom stereocenters. The van der Waals surface area contributed by atoms with Gasteiger partial charge in [-0.25, -0.2) is 13.1 Å². The molecular weight excluding hydrogens is 514 g/mol. The highest BCUT2D eigenvalue weighted by molar-refractivity contribution is 7.89. The van der Waals surface area contributed by atoms with Gasteiger partial charge in [-0.15, -0.1) is 0 Å². The third-order valence-corrected chi connectivity index (χ3v) is 7.75. The Morgan fingerprint density at radius 2 is 1.92 bits per heavy atom. The van der Waals surface area contributed by atoms with Gasteiger partial charge in [-0.05, 0) is 56.9 Å². The van der Waals surface area contributed by atoms with Gasteiger partial charge in [0.15, 0.2) is 5.69 Å². The Hall–Kier alpha value is -3.81. The molecule has 0 spiro atoms. The molecule has 1 aliphatic carbocycles. The van der Waals surface area contributed by atoms with Crippen molar-refractivity contribution in [3.63, 3.8) is 0 Å². The normalized spacial score (nSPS) is 13.4. The number of carbonyl (C=O) groups excluding carboxylic acids is 1. The summed E-state index contributed by atoms with van der Waals surface area (Å²) in [4.78, 5) is 23.3. The topological polar surface area (TPSA) is 155 Å². The minimum Gasteiger partial charge on any atom is -0.437 e. The Kier molecular flexibility index (Phi) is 7.81. The maximum absolute atomic E-state index is 13.2. The average molecular weight is 544 g/mol. The lowest BCUT2D eigenvalue weighted by Gasteiger charge is -2.15. The molecule has 0 radical (unpaired) electrons. The molecule has 0 atom stereocenters. The van der Waals surface area contributed by atoms with E-state index in [-0.39, 0.29) is 34.8 Å². The lowest BCUT2D eigenvalue weighted by Crippen LogP contribution is -2.28. The maximum Gasteiger partial charge on any atom is 0.272 e. The molecular formula is C25H29N5O7S. The number of hydrogen-bond acceptors (Lipinski definition) is 8. The zero-order chi connectivity index (χ0) is 27.6. The Balaban J connectivity index is 1.85. The van der Waals surface area contributed by atoms with Crippen molar-refractivity contribution in [2.45, 2.75) is 44.6 Å². The Morgan fingerprint density at radius 3 is 2.58 bits per heavy atom. The number of nitro benzene ring substituents is 1. The molecule has 0 saturated heterocycles. The van der Waals surface area contributed by atoms with Crippen LogP contribution in [0.2, 0.25) is 0 Å². The SMILES string of the molecule is COCCNC(=O)c1nn(-c2cccc(C)c2C)c(Oc2ccc([N+](=O)[O-])cc2S(=O)(=O)NC2CC2)c1C. The lowest BCUT2D eigenvalue weighted by atomic mass is 10.1. The van der Waals surface area contributed by atoms with E-state index in [1.54, 1.807) is 13.0 Å². The van der Waals surface area contributed by atoms with Gasteiger partial charge in [-0.2, -0.15) is 9.78 Å². The highest BCUT2D eigenvalue weighted by Crippen LogP contribution is 2.37. The Morgan fingerprint density at radius 1 is 1.18 bits per heavy atom. The fraction of sp³-hybridized carbons (Fsp3) is 0.360. The minimum atomic E-state index is -4.14. The van der Waals surface area contributed by atoms with Crippen LogP contribution in [0, 0.1) is 30.9 Å². The standard InChI is InChI=1S/C25H29N5O7S/c1-15-6-5-7-20(16(15)2)29-25(17(3)23(27-29)24(31)26-12-13-36-4)37-21-11-10-19(30(32)33)14-22(21)38(34,35)28-18-8-9-18/h5-7,10-11,14,18,28H,8-9,12-13H2,1-4H3,(H,26,31). The van der Waals surface area contributed by atoms with Crippen LogP contribution in [-0.4, -0.2) is 55.3 Å². The number of nitro groups is 1. The third-order valence-electron chi connectivity index (χ3n) is 6.21. The Bertz CT molecular complexity index is 1500. The average Bonchev–Trinajstić information content (AvgIpc) is 3.62. The molecule has 13 heteroatoms. The van der Waals surface area contributed by atoms with Gasteiger partial charge in [0.05, 0.1) is 17.2 Å². The van der Waals surface area contributed by atoms with Crippen molar-refractivity contribution in [3.8, 4) is 17.3 Å². The monoisotopic (exact) mass is 543 g/mol. The molecule has 1 aliphatic rings. The summed E-state index contributed by atoms with van der Waals surface area (Å²) in [5.74, 6) is -0.489. The van der Waals surface area contributed by atoms with Crippen LogP contribution in [0.15, 0.2) is 41.3 Å². The van der Waals surface area contributed by atoms with Crippen LogP contribution in [0.3, 0.4) is 0 Å². The number of nitrogens with zero attached hydrogens (tertiary/aromatic N) is 3. The first-order valence-corrected chi connectivity index (χ1v) is 13.4. The molecule has 1 aromatic heterocycles. The second-order valence-corrected chi connectivity index (χ2v) is 10.7. The summed E-state index contributed by atoms with van der Waals surface area (Å²) in [5, 5.41) is 18.7. The quantitative estimate of drug-likeness (QED) is 0.212. The van der Waals surface area contributed by atoms with Crippen molar-refractivity contribution in [1.29, 1.82) is 0 Å². The van der Waals surface area contributed by atoms with Crippen LogP contribution in [0.1, 0.15) is 40.0 Å². The predicted octanol–water partition coefficient (Wildman–Crippen LogP) is 3.31. The fourth-order valence-electron chi connectivity index (χ4n) is 3.79. The van der Waals surface area contributed by atoms with Gasteiger partial charge >= 0.3 is 0 Å². The van der Waals surface area contributed by atoms with Gasteiger partial charge in [0.1, 0.15) is 10.6 Å². The second-order valence-electron chi connectivity index (χ2n) is 9.04. The first-order valence-electron chi connectivity index (χ1n) is 12.0. The predicted molar refractivity (Wildman–Crippen MR) is 138 cm³/mol. The number of nitrogens with one attached hydrogen (secondary N) is 2. The summed E-state index contributed by atoms with van der Waals surface area (Å²) >= 11 is 0. The van der Waals surface area contributed by atoms with E-state index < -0.39 is 26.5 Å². The maximum atomic E-state index is 13.2. The number of benzene rings is 2. The molecule has 12 nitrogen and oxygen atoms in total. The number of sulfonamides is 1. The third kappa shape index (κ3) is 5.69. The van der Waals surface area contributed by atoms with E-state index >= 15 is 0 Å². The fourth-order valence-corrected chi connectivity index (χ4v) is 5.24. The van der Waals surface area contributed by atoms with Crippen LogP contribution in [-0.2, 0) is 14.8 Å². The second kappa shape index (κ2) is 10.9. The first kappa shape index (κ1) is 27.2. The molecule has 1 amide bonds. The van der Waals surface area contributed by atoms with Crippen molar-refractivity contribution < 1.29 is 27.6 Å². The number of ether oxygens (including phenoxy) is 2. The van der Waals surface area contributed by atoms with Gasteiger partial charge in [-0.1, -0.05) is 12.1 Å². The van der Waals surface area contributed by atoms with E-state index in [2.05, 4.69) is 15.1 Å². The minimum absolute atomic E-state index is 0.0828. The van der Waals surface area contributed by atoms with Crippen LogP contribution < -0.4 is 14.8 Å². The van der Waals surface area contributed by atoms with Crippen molar-refractivity contribution in [1.82, 2.24) is 19.8 Å². The van der Waals surface area contributed by atoms with Crippen molar-refractivity contribution >= 4 is 21.6 Å². The van der Waals surface area contributed by atoms with E-state index in [0.717, 1.165) is 23.3 Å². The van der Waals surface area contributed by atoms with Gasteiger partial charge in [0, 0.05) is 37.4 Å². The van der Waals surface area contributed by atoms with Crippen LogP contribution >= 0.6 is 0 Å². The summed E-state index contributed by atoms with van der Waals surface area (Å²) in [6, 6.07) is 8.70. The van der Waals surface area contributed by atoms with Gasteiger partial charge in [-0.3, -0.25) is 14.9 Å². The molecule has 38 heavy (non-hydrogen) atoms. The van der Waals surface area contributed by atoms with Crippen molar-refractivity contribution in [3.05, 3.63) is 68.9 Å². The van der Waals surface area contributed by atoms with Crippen molar-refractivity contribution in [2.75, 3.05) is 20.3 Å². The number of carbonyl (C=O) groups is 1. The van der Waals surface area contributed by atoms with Gasteiger partial charge in [0.2, 0.25) is 15.9 Å². The number of methoxy groups -OCH3 is 1.